The van der Waals surface area contributed by atoms with Crippen molar-refractivity contribution in [3.8, 4) is 22.3 Å². The van der Waals surface area contributed by atoms with E-state index in [0.29, 0.717) is 0 Å². The van der Waals surface area contributed by atoms with Gasteiger partial charge in [0.05, 0.1) is 11.4 Å². The van der Waals surface area contributed by atoms with Gasteiger partial charge in [-0.05, 0) is 52.4 Å². The van der Waals surface area contributed by atoms with Crippen LogP contribution in [-0.2, 0) is 0 Å². The molecule has 2 heteroatoms. The van der Waals surface area contributed by atoms with Gasteiger partial charge < -0.3 is 9.32 Å². The number of rotatable bonds is 8. The summed E-state index contributed by atoms with van der Waals surface area (Å²) in [6.45, 7) is 8.57. The van der Waals surface area contributed by atoms with Crippen LogP contribution in [0.3, 0.4) is 0 Å². The third-order valence-corrected chi connectivity index (χ3v) is 10.4. The van der Waals surface area contributed by atoms with Crippen LogP contribution in [0, 0.1) is 5.92 Å². The molecule has 0 fully saturated rings. The lowest BCUT2D eigenvalue weighted by Crippen LogP contribution is -2.14. The number of hydrogen-bond acceptors (Lipinski definition) is 2. The quantitative estimate of drug-likeness (QED) is 0.150. The molecule has 2 unspecified atom stereocenters. The maximum absolute atomic E-state index is 6.87. The van der Waals surface area contributed by atoms with Crippen LogP contribution < -0.4 is 4.90 Å². The van der Waals surface area contributed by atoms with Gasteiger partial charge in [0.15, 0.2) is 0 Å². The fourth-order valence-corrected chi connectivity index (χ4v) is 7.86. The van der Waals surface area contributed by atoms with Crippen molar-refractivity contribution in [1.82, 2.24) is 0 Å². The molecule has 0 saturated heterocycles. The van der Waals surface area contributed by atoms with Crippen LogP contribution in [0.2, 0.25) is 0 Å². The highest BCUT2D eigenvalue weighted by atomic mass is 16.3. The van der Waals surface area contributed by atoms with E-state index in [9.17, 15) is 0 Å². The van der Waals surface area contributed by atoms with Crippen LogP contribution in [0.15, 0.2) is 211 Å². The molecule has 0 aliphatic heterocycles. The van der Waals surface area contributed by atoms with Crippen LogP contribution in [-0.4, -0.2) is 0 Å². The monoisotopic (exact) mass is 667 g/mol. The Hall–Kier alpha value is -6.64. The first-order chi connectivity index (χ1) is 25.7. The Bertz CT molecular complexity index is 2670. The van der Waals surface area contributed by atoms with Crippen molar-refractivity contribution in [3.63, 3.8) is 0 Å². The SMILES string of the molecule is C=CC(c1ccc(N(c2ccccc2-c2ccccc2)c2ccccc2-c2cccc3c2oc2c4ccccc4ccc32)cc1)C1C=CC=CC1=C. The standard InChI is InChI=1S/C50H37NO/c1-3-39(40-20-9-7-16-34(40)2)37-28-31-38(32-29-37)51(47-26-13-11-21-41(47)35-17-5-4-6-18-35)48-27-14-12-23-43(48)44-24-15-25-45-46-33-30-36-19-8-10-22-42(36)49(46)52-50(44)45/h3-33,39-40H,1-2H2. The molecule has 2 nitrogen and oxygen atoms in total. The number of hydrogen-bond donors (Lipinski definition) is 0. The van der Waals surface area contributed by atoms with Crippen LogP contribution in [0.1, 0.15) is 11.5 Å². The Morgan fingerprint density at radius 1 is 0.558 bits per heavy atom. The van der Waals surface area contributed by atoms with Crippen LogP contribution in [0.25, 0.3) is 55.0 Å². The maximum atomic E-state index is 6.87. The molecule has 0 bridgehead atoms. The van der Waals surface area contributed by atoms with Gasteiger partial charge in [0.25, 0.3) is 0 Å². The predicted molar refractivity (Wildman–Crippen MR) is 221 cm³/mol. The van der Waals surface area contributed by atoms with Gasteiger partial charge in [-0.15, -0.1) is 6.58 Å². The molecule has 9 rings (SSSR count). The van der Waals surface area contributed by atoms with Gasteiger partial charge in [-0.3, -0.25) is 0 Å². The number of anilines is 3. The molecule has 2 atom stereocenters. The molecule has 52 heavy (non-hydrogen) atoms. The highest BCUT2D eigenvalue weighted by Crippen LogP contribution is 2.47. The summed E-state index contributed by atoms with van der Waals surface area (Å²) < 4.78 is 6.87. The Kier molecular flexibility index (Phi) is 7.98. The van der Waals surface area contributed by atoms with E-state index in [-0.39, 0.29) is 11.8 Å². The van der Waals surface area contributed by atoms with E-state index in [4.69, 9.17) is 4.42 Å². The van der Waals surface area contributed by atoms with Crippen LogP contribution in [0.4, 0.5) is 17.1 Å². The summed E-state index contributed by atoms with van der Waals surface area (Å²) in [5, 5.41) is 4.52. The van der Waals surface area contributed by atoms with E-state index in [0.717, 1.165) is 72.2 Å². The number of allylic oxidation sites excluding steroid dienone is 6. The van der Waals surface area contributed by atoms with E-state index in [1.807, 2.05) is 6.08 Å². The second-order valence-electron chi connectivity index (χ2n) is 13.4. The molecule has 0 amide bonds. The molecule has 1 heterocycles. The highest BCUT2D eigenvalue weighted by molar-refractivity contribution is 6.17. The Balaban J connectivity index is 1.25. The summed E-state index contributed by atoms with van der Waals surface area (Å²) in [7, 11) is 0. The predicted octanol–water partition coefficient (Wildman–Crippen LogP) is 14.1. The Morgan fingerprint density at radius 2 is 1.21 bits per heavy atom. The highest BCUT2D eigenvalue weighted by Gasteiger charge is 2.25. The summed E-state index contributed by atoms with van der Waals surface area (Å²) in [4.78, 5) is 2.39. The lowest BCUT2D eigenvalue weighted by molar-refractivity contribution is 0.674. The number of furan rings is 1. The molecule has 0 spiro atoms. The number of nitrogens with zero attached hydrogens (tertiary/aromatic N) is 1. The third kappa shape index (κ3) is 5.37. The first-order valence-corrected chi connectivity index (χ1v) is 17.8. The summed E-state index contributed by atoms with van der Waals surface area (Å²) in [5.41, 5.74) is 11.8. The van der Waals surface area contributed by atoms with Crippen molar-refractivity contribution in [2.75, 3.05) is 4.90 Å². The summed E-state index contributed by atoms with van der Waals surface area (Å²) in [6, 6.07) is 56.3. The molecule has 1 aliphatic rings. The van der Waals surface area contributed by atoms with Gasteiger partial charge >= 0.3 is 0 Å². The number of benzene rings is 7. The van der Waals surface area contributed by atoms with Gasteiger partial charge in [0.1, 0.15) is 11.2 Å². The van der Waals surface area contributed by atoms with Crippen molar-refractivity contribution < 1.29 is 4.42 Å². The number of fused-ring (bicyclic) bond motifs is 5. The molecule has 0 radical (unpaired) electrons. The molecule has 0 N–H and O–H groups in total. The molecule has 8 aromatic rings. The minimum absolute atomic E-state index is 0.113. The fraction of sp³-hybridized carbons (Fsp3) is 0.0400. The third-order valence-electron chi connectivity index (χ3n) is 10.4. The zero-order chi connectivity index (χ0) is 35.0. The van der Waals surface area contributed by atoms with Gasteiger partial charge in [0.2, 0.25) is 0 Å². The largest absolute Gasteiger partial charge is 0.455 e. The molecule has 1 aromatic heterocycles. The first kappa shape index (κ1) is 31.3. The van der Waals surface area contributed by atoms with Gasteiger partial charge in [-0.2, -0.15) is 0 Å². The van der Waals surface area contributed by atoms with Gasteiger partial charge in [-0.25, -0.2) is 0 Å². The maximum Gasteiger partial charge on any atom is 0.143 e. The normalized spacial score (nSPS) is 14.6. The Morgan fingerprint density at radius 3 is 2.00 bits per heavy atom. The van der Waals surface area contributed by atoms with Crippen LogP contribution in [0.5, 0.6) is 0 Å². The minimum atomic E-state index is 0.113. The summed E-state index contributed by atoms with van der Waals surface area (Å²) in [5.74, 6) is 0.285. The van der Waals surface area contributed by atoms with E-state index >= 15 is 0 Å². The van der Waals surface area contributed by atoms with Crippen molar-refractivity contribution >= 4 is 49.8 Å². The first-order valence-electron chi connectivity index (χ1n) is 17.8. The second-order valence-corrected chi connectivity index (χ2v) is 13.4. The van der Waals surface area contributed by atoms with Gasteiger partial charge in [-0.1, -0.05) is 164 Å². The van der Waals surface area contributed by atoms with Crippen LogP contribution >= 0.6 is 0 Å². The van der Waals surface area contributed by atoms with E-state index in [1.54, 1.807) is 0 Å². The van der Waals surface area contributed by atoms with E-state index in [1.165, 1.54) is 10.9 Å². The average Bonchev–Trinajstić information content (AvgIpc) is 3.60. The zero-order valence-corrected chi connectivity index (χ0v) is 28.8. The van der Waals surface area contributed by atoms with Crippen molar-refractivity contribution in [3.05, 3.63) is 212 Å². The minimum Gasteiger partial charge on any atom is -0.455 e. The summed E-state index contributed by atoms with van der Waals surface area (Å²) >= 11 is 0. The van der Waals surface area contributed by atoms with Crippen molar-refractivity contribution in [2.24, 2.45) is 5.92 Å². The zero-order valence-electron chi connectivity index (χ0n) is 28.8. The van der Waals surface area contributed by atoms with E-state index < -0.39 is 0 Å². The molecule has 248 valence electrons. The van der Waals surface area contributed by atoms with Crippen molar-refractivity contribution in [1.29, 1.82) is 0 Å². The average molecular weight is 668 g/mol. The Labute approximate surface area is 304 Å². The smallest absolute Gasteiger partial charge is 0.143 e. The molecule has 0 saturated carbocycles. The van der Waals surface area contributed by atoms with Crippen molar-refractivity contribution in [2.45, 2.75) is 5.92 Å². The fourth-order valence-electron chi connectivity index (χ4n) is 7.86. The van der Waals surface area contributed by atoms with E-state index in [2.05, 4.69) is 200 Å². The van der Waals surface area contributed by atoms with Gasteiger partial charge in [0, 0.05) is 50.4 Å². The molecule has 1 aliphatic carbocycles. The topological polar surface area (TPSA) is 16.4 Å². The lowest BCUT2D eigenvalue weighted by atomic mass is 9.80. The molecule has 7 aromatic carbocycles. The molecular formula is C50H37NO. The lowest BCUT2D eigenvalue weighted by Gasteiger charge is -2.30. The summed E-state index contributed by atoms with van der Waals surface area (Å²) in [6.07, 6.45) is 10.5. The number of para-hydroxylation sites is 3. The second kappa shape index (κ2) is 13.2. The molecular weight excluding hydrogens is 631 g/mol.